The largest absolute Gasteiger partial charge is 0.395 e. The summed E-state index contributed by atoms with van der Waals surface area (Å²) >= 11 is 1.18. The molecule has 0 bridgehead atoms. The number of rotatable bonds is 7. The second kappa shape index (κ2) is 8.94. The van der Waals surface area contributed by atoms with Crippen LogP contribution in [0.3, 0.4) is 0 Å². The molecule has 0 unspecified atom stereocenters. The molecule has 1 aromatic rings. The fourth-order valence-corrected chi connectivity index (χ4v) is 4.26. The number of carbonyl (C=O) groups excluding carboxylic acids is 1. The molecule has 0 atom stereocenters. The number of hydrogen-bond donors (Lipinski definition) is 2. The van der Waals surface area contributed by atoms with E-state index in [0.29, 0.717) is 19.1 Å². The topological polar surface area (TPSA) is 93.8 Å². The van der Waals surface area contributed by atoms with E-state index in [1.807, 2.05) is 13.8 Å². The van der Waals surface area contributed by atoms with Gasteiger partial charge in [0.05, 0.1) is 18.4 Å². The smallest absolute Gasteiger partial charge is 0.244 e. The van der Waals surface area contributed by atoms with Gasteiger partial charge in [-0.15, -0.1) is 0 Å². The first-order valence-electron chi connectivity index (χ1n) is 9.77. The van der Waals surface area contributed by atoms with E-state index in [0.717, 1.165) is 44.2 Å². The highest BCUT2D eigenvalue weighted by Gasteiger charge is 2.37. The minimum Gasteiger partial charge on any atom is -0.395 e. The molecule has 1 aromatic heterocycles. The molecule has 1 amide bonds. The van der Waals surface area contributed by atoms with E-state index >= 15 is 0 Å². The Morgan fingerprint density at radius 3 is 2.74 bits per heavy atom. The Hall–Kier alpha value is -1.09. The third-order valence-electron chi connectivity index (χ3n) is 5.51. The summed E-state index contributed by atoms with van der Waals surface area (Å²) in [4.78, 5) is 12.7. The zero-order valence-corrected chi connectivity index (χ0v) is 17.0. The maximum absolute atomic E-state index is 12.7. The standard InChI is InChI=1S/C19H30N2O5S/c1-18(2,27-26-14-6-10-24-11-7-14)17(23)20-16-12-15(21-25-16)19(13-22)8-4-3-5-9-19/h12,14,22H,3-11,13H2,1-2H3,(H,20,23). The van der Waals surface area contributed by atoms with Crippen molar-refractivity contribution in [2.24, 2.45) is 0 Å². The van der Waals surface area contributed by atoms with Crippen LogP contribution in [0, 0.1) is 0 Å². The number of anilines is 1. The predicted octanol–water partition coefficient (Wildman–Crippen LogP) is 3.43. The highest BCUT2D eigenvalue weighted by atomic mass is 32.2. The molecule has 0 spiro atoms. The minimum atomic E-state index is -0.773. The Balaban J connectivity index is 1.57. The molecule has 2 N–H and O–H groups in total. The third-order valence-corrected chi connectivity index (χ3v) is 6.48. The van der Waals surface area contributed by atoms with Gasteiger partial charge in [0.15, 0.2) is 0 Å². The van der Waals surface area contributed by atoms with Gasteiger partial charge in [0.25, 0.3) is 0 Å². The van der Waals surface area contributed by atoms with Crippen LogP contribution in [0.5, 0.6) is 0 Å². The average molecular weight is 399 g/mol. The maximum atomic E-state index is 12.7. The van der Waals surface area contributed by atoms with Gasteiger partial charge in [-0.2, -0.15) is 0 Å². The number of nitrogens with zero attached hydrogens (tertiary/aromatic N) is 1. The normalized spacial score (nSPS) is 21.1. The third kappa shape index (κ3) is 5.04. The molecular weight excluding hydrogens is 368 g/mol. The molecule has 27 heavy (non-hydrogen) atoms. The van der Waals surface area contributed by atoms with Gasteiger partial charge in [-0.25, -0.2) is 0 Å². The number of ether oxygens (including phenoxy) is 1. The van der Waals surface area contributed by atoms with Crippen molar-refractivity contribution < 1.29 is 23.3 Å². The highest BCUT2D eigenvalue weighted by molar-refractivity contribution is 7.96. The van der Waals surface area contributed by atoms with Crippen molar-refractivity contribution in [3.63, 3.8) is 0 Å². The highest BCUT2D eigenvalue weighted by Crippen LogP contribution is 2.39. The van der Waals surface area contributed by atoms with E-state index in [9.17, 15) is 9.90 Å². The van der Waals surface area contributed by atoms with Gasteiger partial charge in [0.2, 0.25) is 11.8 Å². The molecule has 1 aliphatic heterocycles. The minimum absolute atomic E-state index is 0.0488. The molecular formula is C19H30N2O5S. The van der Waals surface area contributed by atoms with Crippen molar-refractivity contribution in [3.8, 4) is 0 Å². The molecule has 7 nitrogen and oxygen atoms in total. The lowest BCUT2D eigenvalue weighted by atomic mass is 9.72. The first-order chi connectivity index (χ1) is 13.0. The Morgan fingerprint density at radius 1 is 1.37 bits per heavy atom. The SMILES string of the molecule is CC(C)(SOC1CCOCC1)C(=O)Nc1cc(C2(CO)CCCCC2)no1. The van der Waals surface area contributed by atoms with E-state index < -0.39 is 4.75 Å². The molecule has 1 saturated heterocycles. The Labute approximate surface area is 164 Å². The van der Waals surface area contributed by atoms with E-state index in [1.165, 1.54) is 18.5 Å². The molecule has 1 saturated carbocycles. The van der Waals surface area contributed by atoms with Crippen LogP contribution in [0.2, 0.25) is 0 Å². The van der Waals surface area contributed by atoms with Crippen LogP contribution in [-0.2, 0) is 19.1 Å². The van der Waals surface area contributed by atoms with Crippen LogP contribution in [0.25, 0.3) is 0 Å². The van der Waals surface area contributed by atoms with Crippen LogP contribution in [-0.4, -0.2) is 46.8 Å². The van der Waals surface area contributed by atoms with E-state index in [4.69, 9.17) is 13.4 Å². The number of carbonyl (C=O) groups is 1. The summed E-state index contributed by atoms with van der Waals surface area (Å²) in [6.07, 6.45) is 6.92. The average Bonchev–Trinajstić information content (AvgIpc) is 3.17. The van der Waals surface area contributed by atoms with Gasteiger partial charge in [-0.3, -0.25) is 10.1 Å². The number of aliphatic hydroxyl groups excluding tert-OH is 1. The monoisotopic (exact) mass is 398 g/mol. The van der Waals surface area contributed by atoms with Gasteiger partial charge in [-0.1, -0.05) is 24.4 Å². The van der Waals surface area contributed by atoms with Crippen molar-refractivity contribution in [1.82, 2.24) is 5.16 Å². The van der Waals surface area contributed by atoms with E-state index in [1.54, 1.807) is 6.07 Å². The molecule has 2 heterocycles. The summed E-state index contributed by atoms with van der Waals surface area (Å²) in [5.74, 6) is 0.108. The lowest BCUT2D eigenvalue weighted by Crippen LogP contribution is -2.35. The van der Waals surface area contributed by atoms with Crippen molar-refractivity contribution >= 4 is 23.8 Å². The second-order valence-electron chi connectivity index (χ2n) is 8.03. The number of aromatic nitrogens is 1. The van der Waals surface area contributed by atoms with Gasteiger partial charge in [0.1, 0.15) is 4.75 Å². The summed E-state index contributed by atoms with van der Waals surface area (Å²) in [5.41, 5.74) is 0.380. The molecule has 0 aromatic carbocycles. The molecule has 2 fully saturated rings. The van der Waals surface area contributed by atoms with E-state index in [-0.39, 0.29) is 24.0 Å². The van der Waals surface area contributed by atoms with Gasteiger partial charge in [0, 0.05) is 36.7 Å². The quantitative estimate of drug-likeness (QED) is 0.680. The fraction of sp³-hybridized carbons (Fsp3) is 0.789. The van der Waals surface area contributed by atoms with Crippen molar-refractivity contribution in [2.45, 2.75) is 75.1 Å². The lowest BCUT2D eigenvalue weighted by Gasteiger charge is -2.33. The van der Waals surface area contributed by atoms with Crippen LogP contribution < -0.4 is 5.32 Å². The van der Waals surface area contributed by atoms with Crippen molar-refractivity contribution in [2.75, 3.05) is 25.1 Å². The lowest BCUT2D eigenvalue weighted by molar-refractivity contribution is -0.118. The molecule has 1 aliphatic carbocycles. The molecule has 2 aliphatic rings. The Morgan fingerprint density at radius 2 is 2.07 bits per heavy atom. The molecule has 3 rings (SSSR count). The first kappa shape index (κ1) is 20.6. The van der Waals surface area contributed by atoms with Gasteiger partial charge < -0.3 is 18.5 Å². The summed E-state index contributed by atoms with van der Waals surface area (Å²) in [7, 11) is 0. The summed E-state index contributed by atoms with van der Waals surface area (Å²) < 4.78 is 15.7. The zero-order chi connectivity index (χ0) is 19.3. The number of amides is 1. The molecule has 8 heteroatoms. The summed E-state index contributed by atoms with van der Waals surface area (Å²) in [5, 5.41) is 16.8. The number of aliphatic hydroxyl groups is 1. The second-order valence-corrected chi connectivity index (χ2v) is 9.41. The number of hydrogen-bond acceptors (Lipinski definition) is 7. The summed E-state index contributed by atoms with van der Waals surface area (Å²) in [6, 6.07) is 1.75. The fourth-order valence-electron chi connectivity index (χ4n) is 3.57. The van der Waals surface area contributed by atoms with Crippen molar-refractivity contribution in [3.05, 3.63) is 11.8 Å². The van der Waals surface area contributed by atoms with Crippen LogP contribution in [0.4, 0.5) is 5.88 Å². The van der Waals surface area contributed by atoms with Crippen LogP contribution in [0.15, 0.2) is 10.6 Å². The Bertz CT molecular complexity index is 621. The van der Waals surface area contributed by atoms with Gasteiger partial charge in [-0.05, 0) is 39.5 Å². The van der Waals surface area contributed by atoms with Crippen molar-refractivity contribution in [1.29, 1.82) is 0 Å². The maximum Gasteiger partial charge on any atom is 0.244 e. The zero-order valence-electron chi connectivity index (χ0n) is 16.2. The first-order valence-corrected chi connectivity index (χ1v) is 10.5. The molecule has 0 radical (unpaired) electrons. The van der Waals surface area contributed by atoms with E-state index in [2.05, 4.69) is 10.5 Å². The van der Waals surface area contributed by atoms with Gasteiger partial charge >= 0.3 is 0 Å². The molecule has 152 valence electrons. The predicted molar refractivity (Wildman–Crippen MR) is 104 cm³/mol. The number of nitrogens with one attached hydrogen (secondary N) is 1. The summed E-state index contributed by atoms with van der Waals surface area (Å²) in [6.45, 7) is 5.09. The van der Waals surface area contributed by atoms with Crippen LogP contribution >= 0.6 is 12.0 Å². The van der Waals surface area contributed by atoms with Crippen LogP contribution in [0.1, 0.15) is 64.5 Å². The Kier molecular flexibility index (Phi) is 6.83.